The van der Waals surface area contributed by atoms with Crippen molar-refractivity contribution >= 4 is 17.6 Å². The van der Waals surface area contributed by atoms with Crippen molar-refractivity contribution in [1.82, 2.24) is 20.2 Å². The molecule has 2 rings (SSSR count). The summed E-state index contributed by atoms with van der Waals surface area (Å²) in [5.41, 5.74) is -0.0121. The number of imide groups is 1. The van der Waals surface area contributed by atoms with Crippen LogP contribution in [0.2, 0.25) is 0 Å². The zero-order valence-electron chi connectivity index (χ0n) is 12.6. The summed E-state index contributed by atoms with van der Waals surface area (Å²) >= 11 is 0. The highest BCUT2D eigenvalue weighted by molar-refractivity contribution is 6.02. The van der Waals surface area contributed by atoms with Crippen molar-refractivity contribution in [2.75, 3.05) is 18.4 Å². The van der Waals surface area contributed by atoms with Crippen LogP contribution in [0.3, 0.4) is 0 Å². The van der Waals surface area contributed by atoms with E-state index in [4.69, 9.17) is 0 Å². The predicted molar refractivity (Wildman–Crippen MR) is 78.5 cm³/mol. The highest BCUT2D eigenvalue weighted by Gasteiger charge is 2.40. The first-order valence-corrected chi connectivity index (χ1v) is 7.07. The van der Waals surface area contributed by atoms with Crippen LogP contribution in [0.5, 0.6) is 0 Å². The van der Waals surface area contributed by atoms with E-state index in [0.29, 0.717) is 6.54 Å². The number of rotatable bonds is 5. The first-order chi connectivity index (χ1) is 9.93. The number of anilines is 1. The van der Waals surface area contributed by atoms with Crippen LogP contribution in [0.25, 0.3) is 0 Å². The zero-order valence-corrected chi connectivity index (χ0v) is 12.6. The van der Waals surface area contributed by atoms with E-state index in [9.17, 15) is 9.59 Å². The molecule has 1 aliphatic heterocycles. The number of carbonyl (C=O) groups is 2. The van der Waals surface area contributed by atoms with Crippen LogP contribution in [0.4, 0.5) is 5.82 Å². The predicted octanol–water partition coefficient (Wildman–Crippen LogP) is 0.535. The van der Waals surface area contributed by atoms with Crippen LogP contribution in [0.15, 0.2) is 12.4 Å². The van der Waals surface area contributed by atoms with Gasteiger partial charge in [-0.2, -0.15) is 0 Å². The summed E-state index contributed by atoms with van der Waals surface area (Å²) in [4.78, 5) is 33.8. The fourth-order valence-electron chi connectivity index (χ4n) is 2.06. The average molecular weight is 291 g/mol. The van der Waals surface area contributed by atoms with Gasteiger partial charge in [-0.15, -0.1) is 0 Å². The van der Waals surface area contributed by atoms with Crippen molar-refractivity contribution in [2.24, 2.45) is 0 Å². The molecule has 7 nitrogen and oxygen atoms in total. The molecule has 1 saturated heterocycles. The normalized spacial score (nSPS) is 18.4. The Balaban J connectivity index is 2.06. The average Bonchev–Trinajstić information content (AvgIpc) is 2.44. The van der Waals surface area contributed by atoms with Gasteiger partial charge in [0.25, 0.3) is 0 Å². The molecule has 114 valence electrons. The van der Waals surface area contributed by atoms with Crippen molar-refractivity contribution in [3.8, 4) is 0 Å². The maximum Gasteiger partial charge on any atom is 0.246 e. The molecular formula is C14H21N5O2. The Morgan fingerprint density at radius 1 is 1.33 bits per heavy atom. The molecule has 0 unspecified atom stereocenters. The molecule has 0 spiro atoms. The number of piperazine rings is 1. The van der Waals surface area contributed by atoms with Crippen LogP contribution in [0, 0.1) is 0 Å². The number of hydrogen-bond donors (Lipinski definition) is 2. The van der Waals surface area contributed by atoms with Gasteiger partial charge < -0.3 is 5.32 Å². The van der Waals surface area contributed by atoms with Gasteiger partial charge in [0, 0.05) is 13.1 Å². The molecule has 0 aliphatic carbocycles. The Kier molecular flexibility index (Phi) is 4.52. The molecule has 0 radical (unpaired) electrons. The molecule has 21 heavy (non-hydrogen) atoms. The molecule has 1 aliphatic rings. The number of hydrogen-bond acceptors (Lipinski definition) is 6. The van der Waals surface area contributed by atoms with Crippen molar-refractivity contribution < 1.29 is 9.59 Å². The van der Waals surface area contributed by atoms with Gasteiger partial charge >= 0.3 is 0 Å². The van der Waals surface area contributed by atoms with E-state index >= 15 is 0 Å². The molecule has 2 heterocycles. The van der Waals surface area contributed by atoms with E-state index in [1.54, 1.807) is 31.1 Å². The van der Waals surface area contributed by atoms with Gasteiger partial charge in [0.2, 0.25) is 11.8 Å². The fraction of sp³-hybridized carbons (Fsp3) is 0.571. The first-order valence-electron chi connectivity index (χ1n) is 7.07. The molecule has 0 bridgehead atoms. The largest absolute Gasteiger partial charge is 0.369 e. The Labute approximate surface area is 124 Å². The second kappa shape index (κ2) is 6.17. The Morgan fingerprint density at radius 3 is 2.71 bits per heavy atom. The van der Waals surface area contributed by atoms with E-state index in [2.05, 4.69) is 27.5 Å². The van der Waals surface area contributed by atoms with Crippen molar-refractivity contribution in [3.63, 3.8) is 0 Å². The molecule has 2 amide bonds. The van der Waals surface area contributed by atoms with Crippen LogP contribution in [-0.2, 0) is 16.1 Å². The van der Waals surface area contributed by atoms with Crippen LogP contribution in [0.1, 0.15) is 32.9 Å². The maximum atomic E-state index is 11.9. The van der Waals surface area contributed by atoms with Gasteiger partial charge in [-0.3, -0.25) is 24.8 Å². The monoisotopic (exact) mass is 291 g/mol. The van der Waals surface area contributed by atoms with Gasteiger partial charge in [-0.25, -0.2) is 4.98 Å². The van der Waals surface area contributed by atoms with Crippen LogP contribution < -0.4 is 10.6 Å². The molecule has 0 saturated carbocycles. The highest BCUT2D eigenvalue weighted by atomic mass is 16.2. The summed E-state index contributed by atoms with van der Waals surface area (Å²) < 4.78 is 0. The van der Waals surface area contributed by atoms with Crippen LogP contribution in [-0.4, -0.2) is 45.3 Å². The van der Waals surface area contributed by atoms with E-state index in [0.717, 1.165) is 24.5 Å². The van der Waals surface area contributed by atoms with Gasteiger partial charge in [0.15, 0.2) is 0 Å². The molecule has 7 heteroatoms. The minimum absolute atomic E-state index is 0.177. The molecular weight excluding hydrogens is 270 g/mol. The number of nitrogens with zero attached hydrogens (tertiary/aromatic N) is 3. The Morgan fingerprint density at radius 2 is 2.10 bits per heavy atom. The van der Waals surface area contributed by atoms with E-state index in [-0.39, 0.29) is 18.4 Å². The van der Waals surface area contributed by atoms with E-state index in [1.165, 1.54) is 0 Å². The third-order valence-corrected chi connectivity index (χ3v) is 3.55. The van der Waals surface area contributed by atoms with E-state index < -0.39 is 5.54 Å². The molecule has 0 atom stereocenters. The summed E-state index contributed by atoms with van der Waals surface area (Å²) in [6, 6.07) is 0. The SMILES string of the molecule is CCCNc1cnc(CN2CC(=O)NC(=O)C2(C)C)cn1. The lowest BCUT2D eigenvalue weighted by atomic mass is 9.98. The number of nitrogens with one attached hydrogen (secondary N) is 2. The second-order valence-corrected chi connectivity index (χ2v) is 5.61. The fourth-order valence-corrected chi connectivity index (χ4v) is 2.06. The lowest BCUT2D eigenvalue weighted by molar-refractivity contribution is -0.145. The number of amides is 2. The second-order valence-electron chi connectivity index (χ2n) is 5.61. The lowest BCUT2D eigenvalue weighted by Crippen LogP contribution is -2.63. The highest BCUT2D eigenvalue weighted by Crippen LogP contribution is 2.20. The zero-order chi connectivity index (χ0) is 15.5. The quantitative estimate of drug-likeness (QED) is 0.770. The summed E-state index contributed by atoms with van der Waals surface area (Å²) in [7, 11) is 0. The number of aromatic nitrogens is 2. The minimum atomic E-state index is -0.741. The molecule has 1 aromatic rings. The lowest BCUT2D eigenvalue weighted by Gasteiger charge is -2.39. The Hall–Kier alpha value is -2.02. The number of carbonyl (C=O) groups excluding carboxylic acids is 2. The summed E-state index contributed by atoms with van der Waals surface area (Å²) in [6.45, 7) is 7.10. The van der Waals surface area contributed by atoms with Gasteiger partial charge in [0.1, 0.15) is 5.82 Å². The van der Waals surface area contributed by atoms with Crippen molar-refractivity contribution in [1.29, 1.82) is 0 Å². The van der Waals surface area contributed by atoms with E-state index in [1.807, 2.05) is 0 Å². The standard InChI is InChI=1S/C14H21N5O2/c1-4-5-15-11-7-16-10(6-17-11)8-19-9-12(20)18-13(21)14(19,2)3/h6-7H,4-5,8-9H2,1-3H3,(H,15,17)(H,18,20,21). The Bertz CT molecular complexity index is 527. The third-order valence-electron chi connectivity index (χ3n) is 3.55. The minimum Gasteiger partial charge on any atom is -0.369 e. The van der Waals surface area contributed by atoms with Gasteiger partial charge in [0.05, 0.1) is 30.2 Å². The molecule has 1 aromatic heterocycles. The smallest absolute Gasteiger partial charge is 0.246 e. The molecule has 2 N–H and O–H groups in total. The van der Waals surface area contributed by atoms with Crippen molar-refractivity contribution in [2.45, 2.75) is 39.3 Å². The topological polar surface area (TPSA) is 87.2 Å². The molecule has 1 fully saturated rings. The van der Waals surface area contributed by atoms with Crippen molar-refractivity contribution in [3.05, 3.63) is 18.1 Å². The maximum absolute atomic E-state index is 11.9. The van der Waals surface area contributed by atoms with Crippen LogP contribution >= 0.6 is 0 Å². The summed E-state index contributed by atoms with van der Waals surface area (Å²) in [6.07, 6.45) is 4.36. The molecule has 0 aromatic carbocycles. The van der Waals surface area contributed by atoms with Gasteiger partial charge in [-0.05, 0) is 20.3 Å². The first kappa shape index (κ1) is 15.4. The third kappa shape index (κ3) is 3.55. The summed E-state index contributed by atoms with van der Waals surface area (Å²) in [5.74, 6) is 0.161. The summed E-state index contributed by atoms with van der Waals surface area (Å²) in [5, 5.41) is 5.50. The van der Waals surface area contributed by atoms with Gasteiger partial charge in [-0.1, -0.05) is 6.92 Å².